The number of Topliss-reactive ketones (excluding diaryl/α,β-unsaturated/α-hetero) is 1. The SMILES string of the molecule is CCOc1cc(C)c(C(=O)C(=O)N(C)C)cc1C. The molecule has 4 nitrogen and oxygen atoms in total. The van der Waals surface area contributed by atoms with E-state index in [2.05, 4.69) is 0 Å². The third-order valence-electron chi connectivity index (χ3n) is 2.67. The molecular formula is C14H19NO3. The first-order valence-electron chi connectivity index (χ1n) is 5.88. The summed E-state index contributed by atoms with van der Waals surface area (Å²) in [7, 11) is 3.13. The molecule has 0 N–H and O–H groups in total. The first-order valence-corrected chi connectivity index (χ1v) is 5.88. The van der Waals surface area contributed by atoms with Crippen LogP contribution in [0.5, 0.6) is 5.75 Å². The van der Waals surface area contributed by atoms with Crippen LogP contribution in [0.4, 0.5) is 0 Å². The summed E-state index contributed by atoms with van der Waals surface area (Å²) in [6, 6.07) is 3.51. The zero-order chi connectivity index (χ0) is 13.9. The van der Waals surface area contributed by atoms with Crippen molar-refractivity contribution in [3.63, 3.8) is 0 Å². The van der Waals surface area contributed by atoms with Gasteiger partial charge in [-0.25, -0.2) is 0 Å². The second-order valence-electron chi connectivity index (χ2n) is 4.39. The Hall–Kier alpha value is -1.84. The molecule has 0 spiro atoms. The van der Waals surface area contributed by atoms with E-state index in [4.69, 9.17) is 4.74 Å². The Bertz CT molecular complexity index is 478. The largest absolute Gasteiger partial charge is 0.494 e. The van der Waals surface area contributed by atoms with Gasteiger partial charge in [0.2, 0.25) is 0 Å². The molecule has 1 aromatic rings. The molecule has 0 aliphatic rings. The topological polar surface area (TPSA) is 46.6 Å². The van der Waals surface area contributed by atoms with E-state index in [0.717, 1.165) is 16.9 Å². The lowest BCUT2D eigenvalue weighted by Crippen LogP contribution is -2.30. The van der Waals surface area contributed by atoms with E-state index in [0.29, 0.717) is 12.2 Å². The second-order valence-corrected chi connectivity index (χ2v) is 4.39. The molecule has 0 saturated carbocycles. The number of rotatable bonds is 4. The highest BCUT2D eigenvalue weighted by Crippen LogP contribution is 2.23. The van der Waals surface area contributed by atoms with Gasteiger partial charge in [0.1, 0.15) is 5.75 Å². The minimum atomic E-state index is -0.512. The Morgan fingerprint density at radius 2 is 1.78 bits per heavy atom. The van der Waals surface area contributed by atoms with E-state index < -0.39 is 11.7 Å². The predicted octanol–water partition coefficient (Wildman–Crippen LogP) is 1.97. The molecule has 1 amide bonds. The van der Waals surface area contributed by atoms with Crippen molar-refractivity contribution in [3.05, 3.63) is 28.8 Å². The number of benzene rings is 1. The molecular weight excluding hydrogens is 230 g/mol. The normalized spacial score (nSPS) is 10.1. The molecule has 1 aromatic carbocycles. The molecule has 0 atom stereocenters. The maximum Gasteiger partial charge on any atom is 0.294 e. The number of amides is 1. The standard InChI is InChI=1S/C14H19NO3/c1-6-18-12-8-9(2)11(7-10(12)3)13(16)14(17)15(4)5/h7-8H,6H2,1-5H3. The van der Waals surface area contributed by atoms with Crippen LogP contribution in [-0.4, -0.2) is 37.3 Å². The van der Waals surface area contributed by atoms with Crippen LogP contribution in [0.2, 0.25) is 0 Å². The molecule has 0 bridgehead atoms. The summed E-state index contributed by atoms with van der Waals surface area (Å²) in [5, 5.41) is 0. The van der Waals surface area contributed by atoms with Crippen molar-refractivity contribution in [2.24, 2.45) is 0 Å². The molecule has 0 unspecified atom stereocenters. The van der Waals surface area contributed by atoms with Gasteiger partial charge >= 0.3 is 0 Å². The van der Waals surface area contributed by atoms with E-state index in [1.54, 1.807) is 33.2 Å². The maximum absolute atomic E-state index is 12.0. The number of nitrogens with zero attached hydrogens (tertiary/aromatic N) is 1. The van der Waals surface area contributed by atoms with Crippen LogP contribution >= 0.6 is 0 Å². The monoisotopic (exact) mass is 249 g/mol. The number of hydrogen-bond acceptors (Lipinski definition) is 3. The van der Waals surface area contributed by atoms with Gasteiger partial charge in [0.05, 0.1) is 6.61 Å². The van der Waals surface area contributed by atoms with E-state index in [1.165, 1.54) is 4.90 Å². The molecule has 0 aromatic heterocycles. The molecule has 1 rings (SSSR count). The summed E-state index contributed by atoms with van der Waals surface area (Å²) in [5.41, 5.74) is 2.05. The van der Waals surface area contributed by atoms with Gasteiger partial charge in [-0.2, -0.15) is 0 Å². The lowest BCUT2D eigenvalue weighted by molar-refractivity contribution is -0.124. The Balaban J connectivity index is 3.15. The molecule has 0 heterocycles. The second kappa shape index (κ2) is 5.67. The molecule has 18 heavy (non-hydrogen) atoms. The van der Waals surface area contributed by atoms with Gasteiger partial charge in [0, 0.05) is 19.7 Å². The van der Waals surface area contributed by atoms with Crippen LogP contribution in [0.3, 0.4) is 0 Å². The Morgan fingerprint density at radius 1 is 1.17 bits per heavy atom. The smallest absolute Gasteiger partial charge is 0.294 e. The van der Waals surface area contributed by atoms with Crippen LogP contribution in [0.15, 0.2) is 12.1 Å². The highest BCUT2D eigenvalue weighted by molar-refractivity contribution is 6.43. The van der Waals surface area contributed by atoms with Crippen molar-refractivity contribution in [2.75, 3.05) is 20.7 Å². The molecule has 98 valence electrons. The average Bonchev–Trinajstić information content (AvgIpc) is 2.31. The summed E-state index contributed by atoms with van der Waals surface area (Å²) in [6.07, 6.45) is 0. The van der Waals surface area contributed by atoms with Gasteiger partial charge in [-0.1, -0.05) is 0 Å². The molecule has 0 saturated heterocycles. The van der Waals surface area contributed by atoms with Gasteiger partial charge in [-0.3, -0.25) is 9.59 Å². The fraction of sp³-hybridized carbons (Fsp3) is 0.429. The first kappa shape index (κ1) is 14.2. The highest BCUT2D eigenvalue weighted by Gasteiger charge is 2.21. The average molecular weight is 249 g/mol. The number of hydrogen-bond donors (Lipinski definition) is 0. The Morgan fingerprint density at radius 3 is 2.28 bits per heavy atom. The fourth-order valence-corrected chi connectivity index (χ4v) is 1.66. The minimum absolute atomic E-state index is 0.439. The van der Waals surface area contributed by atoms with Crippen molar-refractivity contribution < 1.29 is 14.3 Å². The summed E-state index contributed by atoms with van der Waals surface area (Å²) in [4.78, 5) is 24.9. The third kappa shape index (κ3) is 2.88. The van der Waals surface area contributed by atoms with Crippen LogP contribution in [0.25, 0.3) is 0 Å². The summed E-state index contributed by atoms with van der Waals surface area (Å²) in [5.74, 6) is -0.242. The Kier molecular flexibility index (Phi) is 4.48. The third-order valence-corrected chi connectivity index (χ3v) is 2.67. The van der Waals surface area contributed by atoms with Crippen molar-refractivity contribution >= 4 is 11.7 Å². The predicted molar refractivity (Wildman–Crippen MR) is 70.1 cm³/mol. The number of ether oxygens (including phenoxy) is 1. The van der Waals surface area contributed by atoms with E-state index in [-0.39, 0.29) is 0 Å². The number of aryl methyl sites for hydroxylation is 2. The number of likely N-dealkylation sites (N-methyl/N-ethyl adjacent to an activating group) is 1. The molecule has 0 radical (unpaired) electrons. The molecule has 0 fully saturated rings. The summed E-state index contributed by atoms with van der Waals surface area (Å²) in [6.45, 7) is 6.15. The van der Waals surface area contributed by atoms with Crippen LogP contribution in [0, 0.1) is 13.8 Å². The lowest BCUT2D eigenvalue weighted by Gasteiger charge is -2.13. The van der Waals surface area contributed by atoms with Crippen LogP contribution in [-0.2, 0) is 4.79 Å². The van der Waals surface area contributed by atoms with Gasteiger partial charge < -0.3 is 9.64 Å². The first-order chi connectivity index (χ1) is 8.38. The van der Waals surface area contributed by atoms with Crippen molar-refractivity contribution in [2.45, 2.75) is 20.8 Å². The van der Waals surface area contributed by atoms with Gasteiger partial charge in [0.15, 0.2) is 0 Å². The number of carbonyl (C=O) groups excluding carboxylic acids is 2. The van der Waals surface area contributed by atoms with E-state index >= 15 is 0 Å². The Labute approximate surface area is 108 Å². The zero-order valence-corrected chi connectivity index (χ0v) is 11.5. The number of ketones is 1. The van der Waals surface area contributed by atoms with Crippen LogP contribution < -0.4 is 4.74 Å². The van der Waals surface area contributed by atoms with E-state index in [1.807, 2.05) is 13.8 Å². The minimum Gasteiger partial charge on any atom is -0.494 e. The molecule has 0 aliphatic heterocycles. The van der Waals surface area contributed by atoms with Crippen molar-refractivity contribution in [3.8, 4) is 5.75 Å². The zero-order valence-electron chi connectivity index (χ0n) is 11.5. The lowest BCUT2D eigenvalue weighted by atomic mass is 10.0. The number of carbonyl (C=O) groups is 2. The van der Waals surface area contributed by atoms with Crippen molar-refractivity contribution in [1.82, 2.24) is 4.90 Å². The van der Waals surface area contributed by atoms with Crippen LogP contribution in [0.1, 0.15) is 28.4 Å². The maximum atomic E-state index is 12.0. The van der Waals surface area contributed by atoms with Crippen molar-refractivity contribution in [1.29, 1.82) is 0 Å². The molecule has 4 heteroatoms. The quantitative estimate of drug-likeness (QED) is 0.605. The van der Waals surface area contributed by atoms with Gasteiger partial charge in [0.25, 0.3) is 11.7 Å². The summed E-state index contributed by atoms with van der Waals surface area (Å²) < 4.78 is 5.45. The fourth-order valence-electron chi connectivity index (χ4n) is 1.66. The highest BCUT2D eigenvalue weighted by atomic mass is 16.5. The van der Waals surface area contributed by atoms with Gasteiger partial charge in [-0.05, 0) is 44.0 Å². The van der Waals surface area contributed by atoms with E-state index in [9.17, 15) is 9.59 Å². The van der Waals surface area contributed by atoms with Gasteiger partial charge in [-0.15, -0.1) is 0 Å². The molecule has 0 aliphatic carbocycles. The summed E-state index contributed by atoms with van der Waals surface area (Å²) >= 11 is 0.